The molecule has 1 aromatic heterocycles. The van der Waals surface area contributed by atoms with E-state index in [1.54, 1.807) is 6.20 Å². The first-order chi connectivity index (χ1) is 10.7. The van der Waals surface area contributed by atoms with Crippen LogP contribution in [0.25, 0.3) is 0 Å². The standard InChI is InChI=1S/C16H24N4O2/c1-13-2-3-15(17-10-13)18-16(21)20-5-4-14(12-20)11-19-6-8-22-9-7-19/h2-3,10,14H,4-9,11-12H2,1H3,(H,17,18,21). The highest BCUT2D eigenvalue weighted by Crippen LogP contribution is 2.19. The van der Waals surface area contributed by atoms with E-state index in [2.05, 4.69) is 15.2 Å². The first-order valence-corrected chi connectivity index (χ1v) is 7.99. The number of likely N-dealkylation sites (tertiary alicyclic amines) is 1. The highest BCUT2D eigenvalue weighted by Gasteiger charge is 2.28. The molecule has 6 nitrogen and oxygen atoms in total. The van der Waals surface area contributed by atoms with Crippen LogP contribution in [0.15, 0.2) is 18.3 Å². The lowest BCUT2D eigenvalue weighted by Gasteiger charge is -2.29. The second-order valence-electron chi connectivity index (χ2n) is 6.16. The molecule has 2 fully saturated rings. The summed E-state index contributed by atoms with van der Waals surface area (Å²) in [5, 5.41) is 2.88. The maximum absolute atomic E-state index is 12.3. The normalized spacial score (nSPS) is 22.8. The van der Waals surface area contributed by atoms with Gasteiger partial charge in [0.1, 0.15) is 5.82 Å². The van der Waals surface area contributed by atoms with E-state index in [4.69, 9.17) is 4.74 Å². The molecule has 0 aromatic carbocycles. The predicted molar refractivity (Wildman–Crippen MR) is 84.9 cm³/mol. The molecule has 0 radical (unpaired) electrons. The van der Waals surface area contributed by atoms with E-state index in [1.807, 2.05) is 24.0 Å². The highest BCUT2D eigenvalue weighted by molar-refractivity contribution is 5.88. The van der Waals surface area contributed by atoms with E-state index in [-0.39, 0.29) is 6.03 Å². The second kappa shape index (κ2) is 7.07. The number of anilines is 1. The molecule has 0 bridgehead atoms. The number of rotatable bonds is 3. The van der Waals surface area contributed by atoms with Crippen molar-refractivity contribution in [3.8, 4) is 0 Å². The summed E-state index contributed by atoms with van der Waals surface area (Å²) in [7, 11) is 0. The number of nitrogens with zero attached hydrogens (tertiary/aromatic N) is 3. The summed E-state index contributed by atoms with van der Waals surface area (Å²) >= 11 is 0. The molecular formula is C16H24N4O2. The van der Waals surface area contributed by atoms with Crippen LogP contribution in [0.1, 0.15) is 12.0 Å². The Hall–Kier alpha value is -1.66. The van der Waals surface area contributed by atoms with E-state index in [0.717, 1.165) is 57.9 Å². The van der Waals surface area contributed by atoms with Gasteiger partial charge in [0.2, 0.25) is 0 Å². The fourth-order valence-electron chi connectivity index (χ4n) is 3.05. The van der Waals surface area contributed by atoms with Crippen LogP contribution in [0.2, 0.25) is 0 Å². The molecular weight excluding hydrogens is 280 g/mol. The number of morpholine rings is 1. The highest BCUT2D eigenvalue weighted by atomic mass is 16.5. The minimum absolute atomic E-state index is 0.0409. The largest absolute Gasteiger partial charge is 0.379 e. The minimum Gasteiger partial charge on any atom is -0.379 e. The molecule has 2 aliphatic rings. The number of carbonyl (C=O) groups is 1. The molecule has 1 N–H and O–H groups in total. The van der Waals surface area contributed by atoms with E-state index < -0.39 is 0 Å². The van der Waals surface area contributed by atoms with Crippen molar-refractivity contribution in [2.24, 2.45) is 5.92 Å². The molecule has 0 aliphatic carbocycles. The Bertz CT molecular complexity index is 499. The van der Waals surface area contributed by atoms with Gasteiger partial charge in [0.05, 0.1) is 13.2 Å². The number of hydrogen-bond donors (Lipinski definition) is 1. The molecule has 0 spiro atoms. The zero-order valence-electron chi connectivity index (χ0n) is 13.1. The summed E-state index contributed by atoms with van der Waals surface area (Å²) < 4.78 is 5.38. The van der Waals surface area contributed by atoms with Crippen molar-refractivity contribution in [1.29, 1.82) is 0 Å². The Morgan fingerprint density at radius 3 is 2.91 bits per heavy atom. The zero-order valence-corrected chi connectivity index (χ0v) is 13.1. The average molecular weight is 304 g/mol. The molecule has 3 rings (SSSR count). The van der Waals surface area contributed by atoms with Gasteiger partial charge in [0.15, 0.2) is 0 Å². The Labute approximate surface area is 131 Å². The molecule has 6 heteroatoms. The fraction of sp³-hybridized carbons (Fsp3) is 0.625. The molecule has 22 heavy (non-hydrogen) atoms. The van der Waals surface area contributed by atoms with Crippen molar-refractivity contribution < 1.29 is 9.53 Å². The van der Waals surface area contributed by atoms with Gasteiger partial charge in [0, 0.05) is 38.9 Å². The number of aromatic nitrogens is 1. The van der Waals surface area contributed by atoms with Gasteiger partial charge in [-0.2, -0.15) is 0 Å². The summed E-state index contributed by atoms with van der Waals surface area (Å²) in [5.41, 5.74) is 1.09. The lowest BCUT2D eigenvalue weighted by Crippen LogP contribution is -2.40. The Morgan fingerprint density at radius 1 is 1.36 bits per heavy atom. The van der Waals surface area contributed by atoms with Crippen LogP contribution in [-0.2, 0) is 4.74 Å². The van der Waals surface area contributed by atoms with Crippen LogP contribution < -0.4 is 5.32 Å². The number of hydrogen-bond acceptors (Lipinski definition) is 4. The van der Waals surface area contributed by atoms with Crippen molar-refractivity contribution in [1.82, 2.24) is 14.8 Å². The molecule has 1 unspecified atom stereocenters. The van der Waals surface area contributed by atoms with Crippen molar-refractivity contribution >= 4 is 11.8 Å². The smallest absolute Gasteiger partial charge is 0.323 e. The Balaban J connectivity index is 1.47. The van der Waals surface area contributed by atoms with Crippen LogP contribution in [0.4, 0.5) is 10.6 Å². The van der Waals surface area contributed by atoms with Crippen LogP contribution in [0.3, 0.4) is 0 Å². The molecule has 1 aromatic rings. The van der Waals surface area contributed by atoms with Crippen LogP contribution >= 0.6 is 0 Å². The van der Waals surface area contributed by atoms with Crippen molar-refractivity contribution in [3.63, 3.8) is 0 Å². The molecule has 1 atom stereocenters. The number of ether oxygens (including phenoxy) is 1. The van der Waals surface area contributed by atoms with Gasteiger partial charge in [-0.3, -0.25) is 10.2 Å². The number of aryl methyl sites for hydroxylation is 1. The summed E-state index contributed by atoms with van der Waals surface area (Å²) in [6.07, 6.45) is 2.84. The topological polar surface area (TPSA) is 57.7 Å². The molecule has 0 saturated carbocycles. The number of pyridine rings is 1. The van der Waals surface area contributed by atoms with Gasteiger partial charge < -0.3 is 9.64 Å². The van der Waals surface area contributed by atoms with Crippen LogP contribution in [-0.4, -0.2) is 66.8 Å². The first kappa shape index (κ1) is 15.2. The number of amides is 2. The zero-order chi connectivity index (χ0) is 15.4. The van der Waals surface area contributed by atoms with Gasteiger partial charge >= 0.3 is 6.03 Å². The van der Waals surface area contributed by atoms with Gasteiger partial charge in [-0.1, -0.05) is 6.07 Å². The summed E-state index contributed by atoms with van der Waals surface area (Å²) in [4.78, 5) is 20.8. The predicted octanol–water partition coefficient (Wildman–Crippen LogP) is 1.58. The molecule has 120 valence electrons. The van der Waals surface area contributed by atoms with Crippen LogP contribution in [0, 0.1) is 12.8 Å². The first-order valence-electron chi connectivity index (χ1n) is 7.99. The van der Waals surface area contributed by atoms with Gasteiger partial charge in [-0.05, 0) is 30.9 Å². The number of urea groups is 1. The van der Waals surface area contributed by atoms with E-state index in [0.29, 0.717) is 11.7 Å². The monoisotopic (exact) mass is 304 g/mol. The second-order valence-corrected chi connectivity index (χ2v) is 6.16. The molecule has 2 amide bonds. The van der Waals surface area contributed by atoms with E-state index >= 15 is 0 Å². The quantitative estimate of drug-likeness (QED) is 0.921. The molecule has 2 aliphatic heterocycles. The Morgan fingerprint density at radius 2 is 2.18 bits per heavy atom. The van der Waals surface area contributed by atoms with Gasteiger partial charge in [-0.15, -0.1) is 0 Å². The number of nitrogens with one attached hydrogen (secondary N) is 1. The van der Waals surface area contributed by atoms with E-state index in [1.165, 1.54) is 0 Å². The third-order valence-electron chi connectivity index (χ3n) is 4.34. The Kier molecular flexibility index (Phi) is 4.90. The maximum atomic E-state index is 12.3. The summed E-state index contributed by atoms with van der Waals surface area (Å²) in [6, 6.07) is 3.75. The van der Waals surface area contributed by atoms with Crippen molar-refractivity contribution in [2.45, 2.75) is 13.3 Å². The molecule has 2 saturated heterocycles. The third-order valence-corrected chi connectivity index (χ3v) is 4.34. The lowest BCUT2D eigenvalue weighted by molar-refractivity contribution is 0.0314. The van der Waals surface area contributed by atoms with Crippen molar-refractivity contribution in [3.05, 3.63) is 23.9 Å². The summed E-state index contributed by atoms with van der Waals surface area (Å²) in [6.45, 7) is 8.38. The van der Waals surface area contributed by atoms with Crippen molar-refractivity contribution in [2.75, 3.05) is 51.3 Å². The fourth-order valence-corrected chi connectivity index (χ4v) is 3.05. The SMILES string of the molecule is Cc1ccc(NC(=O)N2CCC(CN3CCOCC3)C2)nc1. The van der Waals surface area contributed by atoms with Crippen LogP contribution in [0.5, 0.6) is 0 Å². The number of carbonyl (C=O) groups excluding carboxylic acids is 1. The third kappa shape index (κ3) is 3.96. The average Bonchev–Trinajstić information content (AvgIpc) is 2.99. The minimum atomic E-state index is -0.0409. The summed E-state index contributed by atoms with van der Waals surface area (Å²) in [5.74, 6) is 1.18. The molecule has 3 heterocycles. The van der Waals surface area contributed by atoms with Gasteiger partial charge in [0.25, 0.3) is 0 Å². The van der Waals surface area contributed by atoms with E-state index in [9.17, 15) is 4.79 Å². The maximum Gasteiger partial charge on any atom is 0.323 e. The lowest BCUT2D eigenvalue weighted by atomic mass is 10.1. The van der Waals surface area contributed by atoms with Gasteiger partial charge in [-0.25, -0.2) is 9.78 Å².